The first-order valence-corrected chi connectivity index (χ1v) is 8.46. The number of aromatic nitrogens is 2. The fraction of sp³-hybridized carbons (Fsp3) is 0.412. The number of rotatable bonds is 2. The lowest BCUT2D eigenvalue weighted by atomic mass is 9.96. The van der Waals surface area contributed by atoms with E-state index in [4.69, 9.17) is 11.6 Å². The molecular formula is C17H19ClN2S. The molecule has 0 N–H and O–H groups in total. The van der Waals surface area contributed by atoms with Crippen molar-refractivity contribution in [1.29, 1.82) is 0 Å². The molecule has 0 saturated heterocycles. The van der Waals surface area contributed by atoms with Crippen LogP contribution in [-0.2, 0) is 18.3 Å². The molecule has 2 aromatic rings. The largest absolute Gasteiger partial charge is 0.226 e. The van der Waals surface area contributed by atoms with E-state index in [0.717, 1.165) is 10.9 Å². The number of halogens is 1. The zero-order valence-corrected chi connectivity index (χ0v) is 14.2. The van der Waals surface area contributed by atoms with Crippen LogP contribution < -0.4 is 0 Å². The van der Waals surface area contributed by atoms with Gasteiger partial charge in [0.25, 0.3) is 0 Å². The van der Waals surface area contributed by atoms with Gasteiger partial charge < -0.3 is 0 Å². The maximum Gasteiger partial charge on any atom is 0.136 e. The summed E-state index contributed by atoms with van der Waals surface area (Å²) in [5, 5.41) is 1.43. The highest BCUT2D eigenvalue weighted by Gasteiger charge is 2.19. The van der Waals surface area contributed by atoms with Gasteiger partial charge in [0.05, 0.1) is 0 Å². The Hall–Kier alpha value is -1.06. The molecule has 0 fully saturated rings. The summed E-state index contributed by atoms with van der Waals surface area (Å²) in [5.41, 5.74) is 2.88. The standard InChI is InChI=1S/C17H19ClN2S/c1-17(2,3)16-19-14(18)10-15(20-16)21-13-8-7-11-5-4-6-12(11)9-13/h7-10H,4-6H2,1-3H3. The summed E-state index contributed by atoms with van der Waals surface area (Å²) < 4.78 is 0. The van der Waals surface area contributed by atoms with Gasteiger partial charge in [-0.3, -0.25) is 0 Å². The summed E-state index contributed by atoms with van der Waals surface area (Å²) in [6.45, 7) is 6.30. The number of benzene rings is 1. The number of fused-ring (bicyclic) bond motifs is 1. The van der Waals surface area contributed by atoms with Gasteiger partial charge in [0, 0.05) is 16.4 Å². The van der Waals surface area contributed by atoms with Crippen molar-refractivity contribution in [2.75, 3.05) is 0 Å². The van der Waals surface area contributed by atoms with Crippen molar-refractivity contribution < 1.29 is 0 Å². The minimum absolute atomic E-state index is 0.0991. The first kappa shape index (κ1) is 14.9. The third kappa shape index (κ3) is 3.41. The minimum Gasteiger partial charge on any atom is -0.226 e. The molecule has 0 unspecified atom stereocenters. The van der Waals surface area contributed by atoms with Crippen molar-refractivity contribution in [3.63, 3.8) is 0 Å². The molecule has 1 aromatic heterocycles. The molecule has 0 aliphatic heterocycles. The highest BCUT2D eigenvalue weighted by molar-refractivity contribution is 7.99. The normalized spacial score (nSPS) is 14.3. The van der Waals surface area contributed by atoms with Gasteiger partial charge in [0.1, 0.15) is 16.0 Å². The van der Waals surface area contributed by atoms with Crippen molar-refractivity contribution in [2.24, 2.45) is 0 Å². The van der Waals surface area contributed by atoms with Gasteiger partial charge in [-0.2, -0.15) is 0 Å². The fourth-order valence-electron chi connectivity index (χ4n) is 2.52. The van der Waals surface area contributed by atoms with Gasteiger partial charge in [-0.05, 0) is 42.5 Å². The van der Waals surface area contributed by atoms with Crippen LogP contribution in [-0.4, -0.2) is 9.97 Å². The molecule has 0 saturated carbocycles. The molecule has 0 amide bonds. The second kappa shape index (κ2) is 5.62. The smallest absolute Gasteiger partial charge is 0.136 e. The summed E-state index contributed by atoms with van der Waals surface area (Å²) in [6, 6.07) is 8.56. The fourth-order valence-corrected chi connectivity index (χ4v) is 3.65. The predicted octanol–water partition coefficient (Wildman–Crippen LogP) is 5.07. The summed E-state index contributed by atoms with van der Waals surface area (Å²) in [7, 11) is 0. The average molecular weight is 319 g/mol. The number of hydrogen-bond donors (Lipinski definition) is 0. The Morgan fingerprint density at radius 2 is 1.81 bits per heavy atom. The molecule has 0 spiro atoms. The second-order valence-electron chi connectivity index (χ2n) is 6.49. The molecule has 0 atom stereocenters. The van der Waals surface area contributed by atoms with Gasteiger partial charge in [-0.15, -0.1) is 0 Å². The van der Waals surface area contributed by atoms with E-state index in [0.29, 0.717) is 5.15 Å². The Morgan fingerprint density at radius 3 is 2.57 bits per heavy atom. The Kier molecular flexibility index (Phi) is 3.98. The van der Waals surface area contributed by atoms with Crippen LogP contribution in [0, 0.1) is 0 Å². The van der Waals surface area contributed by atoms with E-state index < -0.39 is 0 Å². The van der Waals surface area contributed by atoms with Crippen molar-refractivity contribution in [2.45, 2.75) is 55.4 Å². The first-order chi connectivity index (χ1) is 9.91. The molecule has 21 heavy (non-hydrogen) atoms. The molecule has 3 rings (SSSR count). The third-order valence-corrected chi connectivity index (χ3v) is 4.74. The van der Waals surface area contributed by atoms with Gasteiger partial charge in [0.15, 0.2) is 0 Å². The Labute approximate surface area is 135 Å². The summed E-state index contributed by atoms with van der Waals surface area (Å²) in [6.07, 6.45) is 3.69. The Bertz CT molecular complexity index is 677. The Morgan fingerprint density at radius 1 is 1.05 bits per heavy atom. The third-order valence-electron chi connectivity index (χ3n) is 3.63. The molecule has 2 nitrogen and oxygen atoms in total. The van der Waals surface area contributed by atoms with Gasteiger partial charge in [0.2, 0.25) is 0 Å². The molecule has 1 aliphatic carbocycles. The average Bonchev–Trinajstić information content (AvgIpc) is 2.84. The van der Waals surface area contributed by atoms with E-state index in [1.165, 1.54) is 35.3 Å². The van der Waals surface area contributed by atoms with Crippen LogP contribution in [0.3, 0.4) is 0 Å². The van der Waals surface area contributed by atoms with Crippen LogP contribution in [0.2, 0.25) is 5.15 Å². The van der Waals surface area contributed by atoms with E-state index in [2.05, 4.69) is 48.9 Å². The van der Waals surface area contributed by atoms with Crippen molar-refractivity contribution in [1.82, 2.24) is 9.97 Å². The van der Waals surface area contributed by atoms with Crippen molar-refractivity contribution >= 4 is 23.4 Å². The summed E-state index contributed by atoms with van der Waals surface area (Å²) in [5.74, 6) is 0.790. The molecule has 1 aliphatic rings. The molecule has 0 radical (unpaired) electrons. The van der Waals surface area contributed by atoms with Crippen LogP contribution in [0.15, 0.2) is 34.2 Å². The van der Waals surface area contributed by atoms with Crippen LogP contribution in [0.4, 0.5) is 0 Å². The quantitative estimate of drug-likeness (QED) is 0.723. The first-order valence-electron chi connectivity index (χ1n) is 7.26. The van der Waals surface area contributed by atoms with Crippen molar-refractivity contribution in [3.8, 4) is 0 Å². The topological polar surface area (TPSA) is 25.8 Å². The van der Waals surface area contributed by atoms with Crippen LogP contribution in [0.25, 0.3) is 0 Å². The van der Waals surface area contributed by atoms with Crippen molar-refractivity contribution in [3.05, 3.63) is 46.4 Å². The lowest BCUT2D eigenvalue weighted by molar-refractivity contribution is 0.538. The monoisotopic (exact) mass is 318 g/mol. The maximum absolute atomic E-state index is 6.15. The van der Waals surface area contributed by atoms with E-state index in [1.54, 1.807) is 11.8 Å². The summed E-state index contributed by atoms with van der Waals surface area (Å²) >= 11 is 7.81. The second-order valence-corrected chi connectivity index (χ2v) is 7.97. The zero-order valence-electron chi connectivity index (χ0n) is 12.6. The van der Waals surface area contributed by atoms with E-state index in [1.807, 2.05) is 6.07 Å². The molecule has 1 aromatic carbocycles. The number of aryl methyl sites for hydroxylation is 2. The van der Waals surface area contributed by atoms with E-state index in [-0.39, 0.29) is 5.41 Å². The minimum atomic E-state index is -0.0991. The summed E-state index contributed by atoms with van der Waals surface area (Å²) in [4.78, 5) is 10.2. The zero-order chi connectivity index (χ0) is 15.0. The molecule has 0 bridgehead atoms. The van der Waals surface area contributed by atoms with E-state index >= 15 is 0 Å². The molecular weight excluding hydrogens is 300 g/mol. The highest BCUT2D eigenvalue weighted by Crippen LogP contribution is 2.33. The maximum atomic E-state index is 6.15. The van der Waals surface area contributed by atoms with Crippen LogP contribution >= 0.6 is 23.4 Å². The van der Waals surface area contributed by atoms with Gasteiger partial charge in [-0.1, -0.05) is 50.2 Å². The van der Waals surface area contributed by atoms with Gasteiger partial charge in [-0.25, -0.2) is 9.97 Å². The number of nitrogens with zero attached hydrogens (tertiary/aromatic N) is 2. The highest BCUT2D eigenvalue weighted by atomic mass is 35.5. The number of hydrogen-bond acceptors (Lipinski definition) is 3. The van der Waals surface area contributed by atoms with Crippen LogP contribution in [0.1, 0.15) is 44.1 Å². The van der Waals surface area contributed by atoms with Gasteiger partial charge >= 0.3 is 0 Å². The molecule has 4 heteroatoms. The van der Waals surface area contributed by atoms with E-state index in [9.17, 15) is 0 Å². The SMILES string of the molecule is CC(C)(C)c1nc(Cl)cc(Sc2ccc3c(c2)CCC3)n1. The lowest BCUT2D eigenvalue weighted by Crippen LogP contribution is -2.16. The predicted molar refractivity (Wildman–Crippen MR) is 88.3 cm³/mol. The van der Waals surface area contributed by atoms with Crippen LogP contribution in [0.5, 0.6) is 0 Å². The molecule has 110 valence electrons. The molecule has 1 heterocycles. The lowest BCUT2D eigenvalue weighted by Gasteiger charge is -2.17. The Balaban J connectivity index is 1.89.